The van der Waals surface area contributed by atoms with E-state index in [1.807, 2.05) is 4.31 Å². The fourth-order valence-corrected chi connectivity index (χ4v) is 2.15. The van der Waals surface area contributed by atoms with Gasteiger partial charge in [0.05, 0.1) is 11.9 Å². The molecule has 0 aliphatic carbocycles. The van der Waals surface area contributed by atoms with Crippen molar-refractivity contribution >= 4 is 34.4 Å². The molecule has 1 aliphatic rings. The fraction of sp³-hybridized carbons (Fsp3) is 0.500. The highest BCUT2D eigenvalue weighted by Crippen LogP contribution is 2.22. The van der Waals surface area contributed by atoms with E-state index in [2.05, 4.69) is 43.8 Å². The van der Waals surface area contributed by atoms with Crippen LogP contribution < -0.4 is 10.5 Å². The minimum Gasteiger partial charge on any atom is -0.367 e. The van der Waals surface area contributed by atoms with Gasteiger partial charge in [0.2, 0.25) is 0 Å². The minimum atomic E-state index is -0.194. The molecule has 0 atom stereocenters. The SMILES string of the molecule is O=c1[nH]ncc(N2CCN(S)CC2)c1Br. The summed E-state index contributed by atoms with van der Waals surface area (Å²) in [5.41, 5.74) is 0.654. The maximum Gasteiger partial charge on any atom is 0.280 e. The Labute approximate surface area is 101 Å². The van der Waals surface area contributed by atoms with Crippen molar-refractivity contribution < 1.29 is 0 Å². The number of rotatable bonds is 1. The second-order valence-corrected chi connectivity index (χ2v) is 4.70. The van der Waals surface area contributed by atoms with Crippen molar-refractivity contribution in [2.75, 3.05) is 31.1 Å². The molecule has 2 rings (SSSR count). The van der Waals surface area contributed by atoms with Crippen LogP contribution in [-0.2, 0) is 0 Å². The van der Waals surface area contributed by atoms with Crippen LogP contribution in [0, 0.1) is 0 Å². The van der Waals surface area contributed by atoms with Gasteiger partial charge in [-0.2, -0.15) is 5.10 Å². The highest BCUT2D eigenvalue weighted by molar-refractivity contribution is 9.10. The second-order valence-electron chi connectivity index (χ2n) is 3.34. The third-order valence-electron chi connectivity index (χ3n) is 2.37. The zero-order valence-corrected chi connectivity index (χ0v) is 10.5. The van der Waals surface area contributed by atoms with Crippen LogP contribution in [0.15, 0.2) is 15.5 Å². The Morgan fingerprint density at radius 1 is 1.40 bits per heavy atom. The maximum atomic E-state index is 11.3. The first-order valence-corrected chi connectivity index (χ1v) is 5.80. The molecule has 1 N–H and O–H groups in total. The average Bonchev–Trinajstić information content (AvgIpc) is 2.24. The standard InChI is InChI=1S/C8H11BrN4OS/c9-7-6(5-10-11-8(7)14)12-1-3-13(15)4-2-12/h5,15H,1-4H2,(H,11,14). The van der Waals surface area contributed by atoms with Crippen molar-refractivity contribution in [3.05, 3.63) is 21.0 Å². The summed E-state index contributed by atoms with van der Waals surface area (Å²) < 4.78 is 2.51. The summed E-state index contributed by atoms with van der Waals surface area (Å²) in [6.07, 6.45) is 1.67. The van der Waals surface area contributed by atoms with E-state index in [-0.39, 0.29) is 5.56 Å². The van der Waals surface area contributed by atoms with E-state index in [0.717, 1.165) is 31.9 Å². The summed E-state index contributed by atoms with van der Waals surface area (Å²) in [6.45, 7) is 3.46. The number of thiol groups is 1. The van der Waals surface area contributed by atoms with Gasteiger partial charge in [0.15, 0.2) is 0 Å². The lowest BCUT2D eigenvalue weighted by atomic mass is 10.3. The molecule has 0 aromatic carbocycles. The topological polar surface area (TPSA) is 52.2 Å². The van der Waals surface area contributed by atoms with Gasteiger partial charge in [0.25, 0.3) is 5.56 Å². The van der Waals surface area contributed by atoms with Crippen LogP contribution in [0.25, 0.3) is 0 Å². The molecule has 7 heteroatoms. The molecule has 1 fully saturated rings. The van der Waals surface area contributed by atoms with Crippen LogP contribution in [0.5, 0.6) is 0 Å². The minimum absolute atomic E-state index is 0.194. The Morgan fingerprint density at radius 2 is 2.07 bits per heavy atom. The molecule has 15 heavy (non-hydrogen) atoms. The lowest BCUT2D eigenvalue weighted by molar-refractivity contribution is 0.434. The van der Waals surface area contributed by atoms with Crippen molar-refractivity contribution in [2.24, 2.45) is 0 Å². The Balaban J connectivity index is 2.23. The summed E-state index contributed by atoms with van der Waals surface area (Å²) in [4.78, 5) is 13.5. The molecular formula is C8H11BrN4OS. The number of aromatic amines is 1. The van der Waals surface area contributed by atoms with E-state index in [1.54, 1.807) is 6.20 Å². The van der Waals surface area contributed by atoms with Gasteiger partial charge in [-0.3, -0.25) is 4.79 Å². The number of halogens is 1. The van der Waals surface area contributed by atoms with Crippen LogP contribution in [0.4, 0.5) is 5.69 Å². The van der Waals surface area contributed by atoms with Crippen LogP contribution in [0.2, 0.25) is 0 Å². The lowest BCUT2D eigenvalue weighted by Gasteiger charge is -2.33. The monoisotopic (exact) mass is 290 g/mol. The van der Waals surface area contributed by atoms with E-state index in [4.69, 9.17) is 0 Å². The number of aromatic nitrogens is 2. The molecule has 0 bridgehead atoms. The maximum absolute atomic E-state index is 11.3. The Bertz CT molecular complexity index is 402. The van der Waals surface area contributed by atoms with E-state index < -0.39 is 0 Å². The number of hydrogen-bond acceptors (Lipinski definition) is 5. The predicted molar refractivity (Wildman–Crippen MR) is 65.3 cm³/mol. The number of H-pyrrole nitrogens is 1. The molecule has 1 saturated heterocycles. The number of nitrogens with zero attached hydrogens (tertiary/aromatic N) is 3. The average molecular weight is 291 g/mol. The summed E-state index contributed by atoms with van der Waals surface area (Å²) >= 11 is 7.54. The first-order chi connectivity index (χ1) is 7.18. The molecule has 1 aromatic heterocycles. The van der Waals surface area contributed by atoms with Gasteiger partial charge < -0.3 is 4.90 Å². The van der Waals surface area contributed by atoms with E-state index in [9.17, 15) is 4.79 Å². The van der Waals surface area contributed by atoms with Crippen LogP contribution in [0.1, 0.15) is 0 Å². The van der Waals surface area contributed by atoms with Crippen LogP contribution in [-0.4, -0.2) is 40.7 Å². The van der Waals surface area contributed by atoms with Crippen molar-refractivity contribution in [3.8, 4) is 0 Å². The molecule has 0 spiro atoms. The second kappa shape index (κ2) is 4.54. The quantitative estimate of drug-likeness (QED) is 0.740. The third kappa shape index (κ3) is 2.35. The highest BCUT2D eigenvalue weighted by atomic mass is 79.9. The van der Waals surface area contributed by atoms with Crippen molar-refractivity contribution in [1.29, 1.82) is 0 Å². The van der Waals surface area contributed by atoms with Gasteiger partial charge in [-0.25, -0.2) is 9.40 Å². The van der Waals surface area contributed by atoms with E-state index in [1.165, 1.54) is 0 Å². The van der Waals surface area contributed by atoms with Gasteiger partial charge in [0, 0.05) is 26.2 Å². The highest BCUT2D eigenvalue weighted by Gasteiger charge is 2.18. The molecule has 0 unspecified atom stereocenters. The molecular weight excluding hydrogens is 280 g/mol. The molecule has 1 aliphatic heterocycles. The largest absolute Gasteiger partial charge is 0.367 e. The van der Waals surface area contributed by atoms with Crippen molar-refractivity contribution in [3.63, 3.8) is 0 Å². The number of nitrogens with one attached hydrogen (secondary N) is 1. The van der Waals surface area contributed by atoms with Gasteiger partial charge in [-0.15, -0.1) is 0 Å². The fourth-order valence-electron chi connectivity index (χ4n) is 1.53. The zero-order chi connectivity index (χ0) is 10.8. The first-order valence-electron chi connectivity index (χ1n) is 4.60. The van der Waals surface area contributed by atoms with Crippen LogP contribution in [0.3, 0.4) is 0 Å². The van der Waals surface area contributed by atoms with E-state index in [0.29, 0.717) is 4.47 Å². The molecule has 5 nitrogen and oxygen atoms in total. The van der Waals surface area contributed by atoms with Gasteiger partial charge in [-0.1, -0.05) is 12.8 Å². The Kier molecular flexibility index (Phi) is 3.32. The summed E-state index contributed by atoms with van der Waals surface area (Å²) in [6, 6.07) is 0. The normalized spacial score (nSPS) is 18.1. The molecule has 82 valence electrons. The molecule has 1 aromatic rings. The zero-order valence-electron chi connectivity index (χ0n) is 7.98. The first kappa shape index (κ1) is 11.0. The molecule has 0 radical (unpaired) electrons. The summed E-state index contributed by atoms with van der Waals surface area (Å²) in [7, 11) is 0. The van der Waals surface area contributed by atoms with Gasteiger partial charge in [-0.05, 0) is 15.9 Å². The predicted octanol–water partition coefficient (Wildman–Crippen LogP) is 0.499. The number of anilines is 1. The van der Waals surface area contributed by atoms with Crippen molar-refractivity contribution in [1.82, 2.24) is 14.5 Å². The molecule has 0 saturated carbocycles. The van der Waals surface area contributed by atoms with Crippen LogP contribution >= 0.6 is 28.7 Å². The summed E-state index contributed by atoms with van der Waals surface area (Å²) in [5.74, 6) is 0. The molecule has 0 amide bonds. The summed E-state index contributed by atoms with van der Waals surface area (Å²) in [5, 5.41) is 6.18. The lowest BCUT2D eigenvalue weighted by Crippen LogP contribution is -2.43. The van der Waals surface area contributed by atoms with Gasteiger partial charge in [0.1, 0.15) is 4.47 Å². The smallest absolute Gasteiger partial charge is 0.280 e. The van der Waals surface area contributed by atoms with E-state index >= 15 is 0 Å². The van der Waals surface area contributed by atoms with Crippen molar-refractivity contribution in [2.45, 2.75) is 0 Å². The third-order valence-corrected chi connectivity index (χ3v) is 3.54. The number of hydrogen-bond donors (Lipinski definition) is 2. The molecule has 2 heterocycles. The van der Waals surface area contributed by atoms with Gasteiger partial charge >= 0.3 is 0 Å². The Hall–Kier alpha value is -0.530. The number of piperazine rings is 1. The Morgan fingerprint density at radius 3 is 2.73 bits per heavy atom.